The number of hydrogen-bond acceptors (Lipinski definition) is 6. The maximum atomic E-state index is 13.2. The quantitative estimate of drug-likeness (QED) is 0.614. The second-order valence-electron chi connectivity index (χ2n) is 6.72. The highest BCUT2D eigenvalue weighted by Gasteiger charge is 2.24. The number of nitrogens with zero attached hydrogens (tertiary/aromatic N) is 5. The summed E-state index contributed by atoms with van der Waals surface area (Å²) in [5, 5.41) is 5.53. The van der Waals surface area contributed by atoms with Crippen LogP contribution in [0.25, 0.3) is 10.2 Å². The zero-order valence-corrected chi connectivity index (χ0v) is 17.2. The third-order valence-corrected chi connectivity index (χ3v) is 6.08. The summed E-state index contributed by atoms with van der Waals surface area (Å²) < 4.78 is 8.00. The Hall–Kier alpha value is -2.00. The fourth-order valence-corrected chi connectivity index (χ4v) is 4.54. The number of thiazole rings is 1. The topological polar surface area (TPSA) is 63.5 Å². The van der Waals surface area contributed by atoms with Crippen molar-refractivity contribution in [2.45, 2.75) is 6.42 Å². The summed E-state index contributed by atoms with van der Waals surface area (Å²) >= 11 is 7.76. The first-order valence-corrected chi connectivity index (χ1v) is 10.5. The van der Waals surface area contributed by atoms with Gasteiger partial charge in [-0.2, -0.15) is 5.10 Å². The van der Waals surface area contributed by atoms with Gasteiger partial charge in [0.1, 0.15) is 5.52 Å². The molecule has 4 rings (SSSR count). The summed E-state index contributed by atoms with van der Waals surface area (Å²) in [6, 6.07) is 7.42. The van der Waals surface area contributed by atoms with Gasteiger partial charge >= 0.3 is 0 Å². The fraction of sp³-hybridized carbons (Fsp3) is 0.421. The van der Waals surface area contributed by atoms with Gasteiger partial charge in [-0.1, -0.05) is 29.0 Å². The van der Waals surface area contributed by atoms with Gasteiger partial charge in [0.2, 0.25) is 0 Å². The Morgan fingerprint density at radius 1 is 1.32 bits per heavy atom. The van der Waals surface area contributed by atoms with Crippen LogP contribution in [-0.2, 0) is 11.8 Å². The van der Waals surface area contributed by atoms with Crippen molar-refractivity contribution in [2.75, 3.05) is 44.3 Å². The first kappa shape index (κ1) is 19.3. The predicted molar refractivity (Wildman–Crippen MR) is 111 cm³/mol. The molecule has 0 spiro atoms. The molecule has 28 heavy (non-hydrogen) atoms. The van der Waals surface area contributed by atoms with Gasteiger partial charge in [-0.25, -0.2) is 4.98 Å². The van der Waals surface area contributed by atoms with Gasteiger partial charge in [0, 0.05) is 39.4 Å². The van der Waals surface area contributed by atoms with Gasteiger partial charge < -0.3 is 4.74 Å². The molecule has 0 atom stereocenters. The van der Waals surface area contributed by atoms with Gasteiger partial charge in [0.25, 0.3) is 5.91 Å². The molecule has 1 fully saturated rings. The lowest BCUT2D eigenvalue weighted by molar-refractivity contribution is 0.0376. The summed E-state index contributed by atoms with van der Waals surface area (Å²) in [5.41, 5.74) is 1.15. The van der Waals surface area contributed by atoms with Crippen LogP contribution in [0.3, 0.4) is 0 Å². The molecule has 0 aliphatic carbocycles. The summed E-state index contributed by atoms with van der Waals surface area (Å²) in [6.07, 6.45) is 2.62. The number of morpholine rings is 1. The smallest absolute Gasteiger partial charge is 0.280 e. The number of aromatic nitrogens is 3. The molecular formula is C19H22ClN5O2S. The van der Waals surface area contributed by atoms with E-state index in [0.717, 1.165) is 49.5 Å². The number of fused-ring (bicyclic) bond motifs is 1. The Labute approximate surface area is 172 Å². The van der Waals surface area contributed by atoms with Crippen molar-refractivity contribution < 1.29 is 9.53 Å². The van der Waals surface area contributed by atoms with Crippen molar-refractivity contribution in [1.82, 2.24) is 19.7 Å². The van der Waals surface area contributed by atoms with Gasteiger partial charge in [0.05, 0.1) is 22.9 Å². The molecule has 148 valence electrons. The molecule has 0 bridgehead atoms. The van der Waals surface area contributed by atoms with Crippen molar-refractivity contribution in [1.29, 1.82) is 0 Å². The highest BCUT2D eigenvalue weighted by Crippen LogP contribution is 2.33. The van der Waals surface area contributed by atoms with E-state index in [9.17, 15) is 4.79 Å². The van der Waals surface area contributed by atoms with E-state index in [1.165, 1.54) is 11.3 Å². The number of hydrogen-bond donors (Lipinski definition) is 0. The van der Waals surface area contributed by atoms with Crippen LogP contribution in [0.4, 0.5) is 5.13 Å². The Balaban J connectivity index is 1.56. The number of amides is 1. The summed E-state index contributed by atoms with van der Waals surface area (Å²) in [4.78, 5) is 21.9. The molecule has 0 N–H and O–H groups in total. The van der Waals surface area contributed by atoms with Crippen molar-refractivity contribution in [2.24, 2.45) is 7.05 Å². The van der Waals surface area contributed by atoms with Crippen LogP contribution in [0.15, 0.2) is 30.5 Å². The normalized spacial score (nSPS) is 15.2. The average molecular weight is 420 g/mol. The van der Waals surface area contributed by atoms with Crippen molar-refractivity contribution >= 4 is 44.2 Å². The van der Waals surface area contributed by atoms with Gasteiger partial charge in [-0.05, 0) is 24.6 Å². The fourth-order valence-electron chi connectivity index (χ4n) is 3.25. The number of carbonyl (C=O) groups is 1. The standard InChI is InChI=1S/C19H22ClN5O2S/c1-23-9-6-15(22-23)18(26)25(8-3-7-24-10-12-27-13-11-24)19-21-17-14(20)4-2-5-16(17)28-19/h2,4-6,9H,3,7-8,10-13H2,1H3. The van der Waals surface area contributed by atoms with Crippen LogP contribution in [0.2, 0.25) is 5.02 Å². The van der Waals surface area contributed by atoms with Gasteiger partial charge in [-0.3, -0.25) is 19.3 Å². The molecule has 1 aromatic carbocycles. The molecule has 0 unspecified atom stereocenters. The van der Waals surface area contributed by atoms with E-state index in [1.807, 2.05) is 18.2 Å². The minimum absolute atomic E-state index is 0.141. The molecule has 0 radical (unpaired) electrons. The highest BCUT2D eigenvalue weighted by atomic mass is 35.5. The molecule has 9 heteroatoms. The summed E-state index contributed by atoms with van der Waals surface area (Å²) in [5.74, 6) is -0.141. The van der Waals surface area contributed by atoms with Crippen LogP contribution in [0, 0.1) is 0 Å². The highest BCUT2D eigenvalue weighted by molar-refractivity contribution is 7.22. The maximum absolute atomic E-state index is 13.2. The van der Waals surface area contributed by atoms with E-state index in [2.05, 4.69) is 15.0 Å². The molecule has 7 nitrogen and oxygen atoms in total. The van der Waals surface area contributed by atoms with Crippen LogP contribution < -0.4 is 4.90 Å². The minimum atomic E-state index is -0.141. The second-order valence-corrected chi connectivity index (χ2v) is 8.14. The van der Waals surface area contributed by atoms with Crippen LogP contribution in [0.1, 0.15) is 16.9 Å². The number of carbonyl (C=O) groups excluding carboxylic acids is 1. The van der Waals surface area contributed by atoms with E-state index in [4.69, 9.17) is 16.3 Å². The first-order valence-electron chi connectivity index (χ1n) is 9.28. The summed E-state index contributed by atoms with van der Waals surface area (Å²) in [7, 11) is 1.80. The number of benzene rings is 1. The Bertz CT molecular complexity index is 966. The number of aryl methyl sites for hydroxylation is 1. The lowest BCUT2D eigenvalue weighted by atomic mass is 10.3. The Kier molecular flexibility index (Phi) is 5.91. The van der Waals surface area contributed by atoms with E-state index in [0.29, 0.717) is 22.4 Å². The Morgan fingerprint density at radius 2 is 2.14 bits per heavy atom. The van der Waals surface area contributed by atoms with Crippen molar-refractivity contribution in [3.8, 4) is 0 Å². The minimum Gasteiger partial charge on any atom is -0.379 e. The van der Waals surface area contributed by atoms with Crippen LogP contribution in [0.5, 0.6) is 0 Å². The largest absolute Gasteiger partial charge is 0.379 e. The lowest BCUT2D eigenvalue weighted by Gasteiger charge is -2.27. The van der Waals surface area contributed by atoms with Crippen molar-refractivity contribution in [3.63, 3.8) is 0 Å². The van der Waals surface area contributed by atoms with Crippen LogP contribution >= 0.6 is 22.9 Å². The maximum Gasteiger partial charge on any atom is 0.280 e. The number of ether oxygens (including phenoxy) is 1. The molecule has 3 heterocycles. The van der Waals surface area contributed by atoms with E-state index in [-0.39, 0.29) is 5.91 Å². The third-order valence-electron chi connectivity index (χ3n) is 4.73. The number of halogens is 1. The SMILES string of the molecule is Cn1ccc(C(=O)N(CCCN2CCOCC2)c2nc3c(Cl)cccc3s2)n1. The monoisotopic (exact) mass is 419 g/mol. The van der Waals surface area contributed by atoms with Crippen molar-refractivity contribution in [3.05, 3.63) is 41.2 Å². The molecule has 1 saturated heterocycles. The molecule has 2 aromatic heterocycles. The zero-order valence-electron chi connectivity index (χ0n) is 15.7. The molecule has 1 amide bonds. The summed E-state index contributed by atoms with van der Waals surface area (Å²) in [6.45, 7) is 4.90. The first-order chi connectivity index (χ1) is 13.6. The van der Waals surface area contributed by atoms with Gasteiger partial charge in [-0.15, -0.1) is 0 Å². The molecule has 3 aromatic rings. The van der Waals surface area contributed by atoms with E-state index < -0.39 is 0 Å². The number of rotatable bonds is 6. The van der Waals surface area contributed by atoms with Crippen LogP contribution in [-0.4, -0.2) is 65.0 Å². The predicted octanol–water partition coefficient (Wildman–Crippen LogP) is 3.05. The second kappa shape index (κ2) is 8.57. The molecule has 0 saturated carbocycles. The van der Waals surface area contributed by atoms with E-state index >= 15 is 0 Å². The number of anilines is 1. The average Bonchev–Trinajstić information content (AvgIpc) is 3.33. The van der Waals surface area contributed by atoms with E-state index in [1.54, 1.807) is 28.9 Å². The molecule has 1 aliphatic rings. The Morgan fingerprint density at radius 3 is 2.86 bits per heavy atom. The zero-order chi connectivity index (χ0) is 19.5. The molecule has 1 aliphatic heterocycles. The number of para-hydroxylation sites is 1. The third kappa shape index (κ3) is 4.20. The van der Waals surface area contributed by atoms with Gasteiger partial charge in [0.15, 0.2) is 10.8 Å². The lowest BCUT2D eigenvalue weighted by Crippen LogP contribution is -2.39. The molecular weight excluding hydrogens is 398 g/mol.